The minimum absolute atomic E-state index is 0.0700. The second-order valence-electron chi connectivity index (χ2n) is 5.23. The molecule has 1 aromatic rings. The number of urea groups is 1. The Kier molecular flexibility index (Phi) is 4.67. The molecule has 0 saturated carbocycles. The smallest absolute Gasteiger partial charge is 0.326 e. The largest absolute Gasteiger partial charge is 0.480 e. The van der Waals surface area contributed by atoms with Gasteiger partial charge in [-0.15, -0.1) is 0 Å². The van der Waals surface area contributed by atoms with E-state index in [1.165, 1.54) is 17.0 Å². The van der Waals surface area contributed by atoms with Gasteiger partial charge >= 0.3 is 12.0 Å². The van der Waals surface area contributed by atoms with E-state index in [9.17, 15) is 19.1 Å². The van der Waals surface area contributed by atoms with Crippen LogP contribution in [0.15, 0.2) is 18.2 Å². The fourth-order valence-corrected chi connectivity index (χ4v) is 2.61. The van der Waals surface area contributed by atoms with Gasteiger partial charge in [0.25, 0.3) is 0 Å². The Labute approximate surface area is 126 Å². The van der Waals surface area contributed by atoms with Gasteiger partial charge in [-0.25, -0.2) is 14.0 Å². The maximum atomic E-state index is 13.0. The predicted octanol–water partition coefficient (Wildman–Crippen LogP) is 3.20. The molecule has 1 aromatic carbocycles. The lowest BCUT2D eigenvalue weighted by molar-refractivity contribution is -0.143. The van der Waals surface area contributed by atoms with Crippen LogP contribution in [0, 0.1) is 11.7 Å². The van der Waals surface area contributed by atoms with E-state index in [0.717, 1.165) is 12.5 Å². The first-order chi connectivity index (χ1) is 9.88. The van der Waals surface area contributed by atoms with Gasteiger partial charge in [-0.3, -0.25) is 0 Å². The van der Waals surface area contributed by atoms with E-state index in [1.54, 1.807) is 0 Å². The molecule has 2 rings (SSSR count). The third-order valence-electron chi connectivity index (χ3n) is 3.58. The van der Waals surface area contributed by atoms with E-state index in [0.29, 0.717) is 13.0 Å². The molecule has 0 aliphatic carbocycles. The minimum Gasteiger partial charge on any atom is -0.480 e. The second kappa shape index (κ2) is 6.30. The fourth-order valence-electron chi connectivity index (χ4n) is 2.40. The molecule has 1 heterocycles. The van der Waals surface area contributed by atoms with E-state index in [2.05, 4.69) is 5.32 Å². The Hall–Kier alpha value is -1.82. The van der Waals surface area contributed by atoms with Gasteiger partial charge in [-0.2, -0.15) is 0 Å². The van der Waals surface area contributed by atoms with Gasteiger partial charge in [0.1, 0.15) is 11.9 Å². The molecule has 1 aliphatic heterocycles. The molecule has 0 aromatic heterocycles. The van der Waals surface area contributed by atoms with Crippen molar-refractivity contribution in [2.24, 2.45) is 5.92 Å². The van der Waals surface area contributed by atoms with Gasteiger partial charge in [0.05, 0.1) is 10.7 Å². The van der Waals surface area contributed by atoms with Crippen LogP contribution in [0.1, 0.15) is 19.8 Å². The number of aliphatic carboxylic acids is 1. The summed E-state index contributed by atoms with van der Waals surface area (Å²) < 4.78 is 13.0. The number of piperidine rings is 1. The van der Waals surface area contributed by atoms with Crippen molar-refractivity contribution in [1.29, 1.82) is 0 Å². The van der Waals surface area contributed by atoms with E-state index >= 15 is 0 Å². The Morgan fingerprint density at radius 1 is 1.48 bits per heavy atom. The number of rotatable bonds is 2. The molecular formula is C14H16ClFN2O3. The summed E-state index contributed by atoms with van der Waals surface area (Å²) >= 11 is 5.85. The summed E-state index contributed by atoms with van der Waals surface area (Å²) in [6.07, 6.45) is 1.16. The summed E-state index contributed by atoms with van der Waals surface area (Å²) in [4.78, 5) is 24.8. The van der Waals surface area contributed by atoms with E-state index in [4.69, 9.17) is 11.6 Å². The minimum atomic E-state index is -1.03. The van der Waals surface area contributed by atoms with Gasteiger partial charge in [0, 0.05) is 6.54 Å². The van der Waals surface area contributed by atoms with Crippen LogP contribution in [0.3, 0.4) is 0 Å². The van der Waals surface area contributed by atoms with Crippen LogP contribution < -0.4 is 5.32 Å². The zero-order valence-electron chi connectivity index (χ0n) is 11.5. The molecule has 2 amide bonds. The summed E-state index contributed by atoms with van der Waals surface area (Å²) in [7, 11) is 0. The Balaban J connectivity index is 2.13. The lowest BCUT2D eigenvalue weighted by Crippen LogP contribution is -2.51. The normalized spacial score (nSPS) is 22.0. The van der Waals surface area contributed by atoms with E-state index in [-0.39, 0.29) is 16.6 Å². The number of hydrogen-bond donors (Lipinski definition) is 2. The quantitative estimate of drug-likeness (QED) is 0.880. The summed E-state index contributed by atoms with van der Waals surface area (Å²) in [5, 5.41) is 11.8. The number of halogens is 2. The van der Waals surface area contributed by atoms with Crippen molar-refractivity contribution in [3.8, 4) is 0 Å². The molecule has 21 heavy (non-hydrogen) atoms. The summed E-state index contributed by atoms with van der Waals surface area (Å²) in [5.41, 5.74) is 0.255. The molecule has 7 heteroatoms. The number of nitrogens with zero attached hydrogens (tertiary/aromatic N) is 1. The first kappa shape index (κ1) is 15.6. The third-order valence-corrected chi connectivity index (χ3v) is 3.90. The number of carbonyl (C=O) groups is 2. The molecule has 2 atom stereocenters. The molecule has 2 unspecified atom stereocenters. The molecule has 1 saturated heterocycles. The predicted molar refractivity (Wildman–Crippen MR) is 77.0 cm³/mol. The van der Waals surface area contributed by atoms with Crippen LogP contribution in [0.2, 0.25) is 5.02 Å². The van der Waals surface area contributed by atoms with Crippen molar-refractivity contribution >= 4 is 29.3 Å². The first-order valence-electron chi connectivity index (χ1n) is 6.64. The summed E-state index contributed by atoms with van der Waals surface area (Å²) in [6.45, 7) is 2.32. The molecular weight excluding hydrogens is 299 g/mol. The SMILES string of the molecule is CC1CCN(C(=O)Nc2ccc(F)cc2Cl)C(C(=O)O)C1. The Bertz CT molecular complexity index is 567. The molecule has 2 N–H and O–H groups in total. The first-order valence-corrected chi connectivity index (χ1v) is 7.01. The highest BCUT2D eigenvalue weighted by Crippen LogP contribution is 2.26. The molecule has 0 radical (unpaired) electrons. The number of likely N-dealkylation sites (tertiary alicyclic amines) is 1. The molecule has 1 fully saturated rings. The molecule has 1 aliphatic rings. The van der Waals surface area contributed by atoms with Crippen molar-refractivity contribution < 1.29 is 19.1 Å². The highest BCUT2D eigenvalue weighted by molar-refractivity contribution is 6.33. The zero-order chi connectivity index (χ0) is 15.6. The van der Waals surface area contributed by atoms with Crippen LogP contribution in [0.4, 0.5) is 14.9 Å². The third kappa shape index (κ3) is 3.64. The number of carbonyl (C=O) groups excluding carboxylic acids is 1. The average Bonchev–Trinajstić information content (AvgIpc) is 2.41. The summed E-state index contributed by atoms with van der Waals surface area (Å²) in [5.74, 6) is -1.28. The standard InChI is InChI=1S/C14H16ClFN2O3/c1-8-4-5-18(12(6-8)13(19)20)14(21)17-11-3-2-9(16)7-10(11)15/h2-3,7-8,12H,4-6H2,1H3,(H,17,21)(H,19,20). The van der Waals surface area contributed by atoms with Crippen LogP contribution in [0.25, 0.3) is 0 Å². The second-order valence-corrected chi connectivity index (χ2v) is 5.64. The Morgan fingerprint density at radius 2 is 2.19 bits per heavy atom. The number of anilines is 1. The number of carboxylic acid groups (broad SMARTS) is 1. The van der Waals surface area contributed by atoms with Crippen molar-refractivity contribution in [1.82, 2.24) is 4.90 Å². The van der Waals surface area contributed by atoms with Gasteiger partial charge in [-0.05, 0) is 37.0 Å². The maximum Gasteiger partial charge on any atom is 0.326 e. The summed E-state index contributed by atoms with van der Waals surface area (Å²) in [6, 6.07) is 2.21. The highest BCUT2D eigenvalue weighted by Gasteiger charge is 2.34. The number of hydrogen-bond acceptors (Lipinski definition) is 2. The van der Waals surface area contributed by atoms with Crippen molar-refractivity contribution in [3.05, 3.63) is 29.0 Å². The fraction of sp³-hybridized carbons (Fsp3) is 0.429. The van der Waals surface area contributed by atoms with Gasteiger partial charge < -0.3 is 15.3 Å². The highest BCUT2D eigenvalue weighted by atomic mass is 35.5. The maximum absolute atomic E-state index is 13.0. The van der Waals surface area contributed by atoms with Crippen LogP contribution in [-0.4, -0.2) is 34.6 Å². The van der Waals surface area contributed by atoms with Crippen LogP contribution in [0.5, 0.6) is 0 Å². The number of amides is 2. The number of carboxylic acids is 1. The van der Waals surface area contributed by atoms with Gasteiger partial charge in [-0.1, -0.05) is 18.5 Å². The van der Waals surface area contributed by atoms with Gasteiger partial charge in [0.15, 0.2) is 0 Å². The lowest BCUT2D eigenvalue weighted by Gasteiger charge is -2.35. The van der Waals surface area contributed by atoms with E-state index < -0.39 is 23.9 Å². The molecule has 114 valence electrons. The lowest BCUT2D eigenvalue weighted by atomic mass is 9.93. The van der Waals surface area contributed by atoms with Crippen LogP contribution in [-0.2, 0) is 4.79 Å². The van der Waals surface area contributed by atoms with Crippen molar-refractivity contribution in [2.45, 2.75) is 25.8 Å². The Morgan fingerprint density at radius 3 is 2.81 bits per heavy atom. The molecule has 0 spiro atoms. The topological polar surface area (TPSA) is 69.6 Å². The average molecular weight is 315 g/mol. The molecule has 5 nitrogen and oxygen atoms in total. The zero-order valence-corrected chi connectivity index (χ0v) is 12.2. The monoisotopic (exact) mass is 314 g/mol. The van der Waals surface area contributed by atoms with E-state index in [1.807, 2.05) is 6.92 Å². The van der Waals surface area contributed by atoms with Crippen molar-refractivity contribution in [2.75, 3.05) is 11.9 Å². The van der Waals surface area contributed by atoms with Gasteiger partial charge in [0.2, 0.25) is 0 Å². The molecule has 0 bridgehead atoms. The van der Waals surface area contributed by atoms with Crippen LogP contribution >= 0.6 is 11.6 Å². The number of benzene rings is 1. The van der Waals surface area contributed by atoms with Crippen molar-refractivity contribution in [3.63, 3.8) is 0 Å². The number of nitrogens with one attached hydrogen (secondary N) is 1.